The van der Waals surface area contributed by atoms with Gasteiger partial charge in [-0.25, -0.2) is 34.7 Å². The molecule has 0 aliphatic heterocycles. The second-order valence-electron chi connectivity index (χ2n) is 13.0. The fourth-order valence-electron chi connectivity index (χ4n) is 6.67. The first-order chi connectivity index (χ1) is 27.7. The third-order valence-corrected chi connectivity index (χ3v) is 9.43. The van der Waals surface area contributed by atoms with Gasteiger partial charge in [-0.05, 0) is 34.4 Å². The van der Waals surface area contributed by atoms with E-state index in [0.717, 1.165) is 55.6 Å². The minimum atomic E-state index is 0.510. The van der Waals surface area contributed by atoms with Gasteiger partial charge < -0.3 is 0 Å². The van der Waals surface area contributed by atoms with Crippen LogP contribution in [0.15, 0.2) is 188 Å². The maximum absolute atomic E-state index is 7.66. The van der Waals surface area contributed by atoms with Crippen LogP contribution < -0.4 is 0 Å². The van der Waals surface area contributed by atoms with E-state index in [4.69, 9.17) is 36.5 Å². The van der Waals surface area contributed by atoms with E-state index >= 15 is 0 Å². The monoisotopic (exact) mass is 717 g/mol. The van der Waals surface area contributed by atoms with E-state index in [-0.39, 0.29) is 0 Å². The van der Waals surface area contributed by atoms with Gasteiger partial charge in [0.15, 0.2) is 40.6 Å². The van der Waals surface area contributed by atoms with E-state index in [1.807, 2.05) is 164 Å². The molecule has 9 aromatic rings. The second-order valence-corrected chi connectivity index (χ2v) is 13.0. The Labute approximate surface area is 324 Å². The lowest BCUT2D eigenvalue weighted by atomic mass is 9.91. The van der Waals surface area contributed by atoms with Gasteiger partial charge in [-0.1, -0.05) is 176 Å². The largest absolute Gasteiger partial charge is 0.238 e. The molecule has 0 fully saturated rings. The van der Waals surface area contributed by atoms with Gasteiger partial charge in [0, 0.05) is 33.4 Å². The fourth-order valence-corrected chi connectivity index (χ4v) is 6.67. The first kappa shape index (κ1) is 33.9. The first-order valence-corrected chi connectivity index (χ1v) is 18.2. The molecular weight excluding hydrogens is 687 g/mol. The van der Waals surface area contributed by atoms with Crippen LogP contribution >= 0.6 is 0 Å². The predicted octanol–water partition coefficient (Wildman–Crippen LogP) is 11.9. The molecule has 0 atom stereocenters. The third-order valence-electron chi connectivity index (χ3n) is 9.43. The van der Waals surface area contributed by atoms with E-state index in [1.165, 1.54) is 0 Å². The highest BCUT2D eigenvalue weighted by atomic mass is 15.0. The molecule has 262 valence electrons. The summed E-state index contributed by atoms with van der Waals surface area (Å²) in [5, 5.41) is 0. The standard InChI is InChI=1S/C49H31N7/c1-50-39-26-16-25-37(31-39)38-29-30-41(43(32-38)49-55-46(35-21-10-4-11-22-35)52-47(56-49)36-23-12-5-13-24-36)40-27-14-15-28-42(40)48-53-44(33-17-6-2-7-18-33)51-45(54-48)34-19-8-3-9-20-34/h2-32H. The van der Waals surface area contributed by atoms with Crippen LogP contribution in [0, 0.1) is 6.57 Å². The zero-order chi connectivity index (χ0) is 37.7. The lowest BCUT2D eigenvalue weighted by molar-refractivity contribution is 1.07. The summed E-state index contributed by atoms with van der Waals surface area (Å²) in [6, 6.07) is 61.9. The highest BCUT2D eigenvalue weighted by molar-refractivity contribution is 5.92. The third kappa shape index (κ3) is 6.94. The van der Waals surface area contributed by atoms with Gasteiger partial charge >= 0.3 is 0 Å². The Morgan fingerprint density at radius 2 is 0.625 bits per heavy atom. The van der Waals surface area contributed by atoms with Crippen molar-refractivity contribution in [1.82, 2.24) is 29.9 Å². The molecule has 56 heavy (non-hydrogen) atoms. The maximum Gasteiger partial charge on any atom is 0.187 e. The smallest absolute Gasteiger partial charge is 0.187 e. The van der Waals surface area contributed by atoms with Crippen molar-refractivity contribution in [2.24, 2.45) is 0 Å². The molecule has 0 saturated carbocycles. The molecule has 0 aliphatic carbocycles. The highest BCUT2D eigenvalue weighted by Crippen LogP contribution is 2.40. The first-order valence-electron chi connectivity index (χ1n) is 18.2. The zero-order valence-electron chi connectivity index (χ0n) is 30.0. The van der Waals surface area contributed by atoms with Crippen LogP contribution in [0.5, 0.6) is 0 Å². The quantitative estimate of drug-likeness (QED) is 0.146. The predicted molar refractivity (Wildman–Crippen MR) is 223 cm³/mol. The summed E-state index contributed by atoms with van der Waals surface area (Å²) in [7, 11) is 0. The molecule has 2 heterocycles. The maximum atomic E-state index is 7.66. The number of aromatic nitrogens is 6. The molecule has 7 nitrogen and oxygen atoms in total. The molecule has 0 amide bonds. The van der Waals surface area contributed by atoms with Crippen molar-refractivity contribution in [3.8, 4) is 90.6 Å². The van der Waals surface area contributed by atoms with E-state index in [2.05, 4.69) is 29.1 Å². The summed E-state index contributed by atoms with van der Waals surface area (Å²) < 4.78 is 0. The fraction of sp³-hybridized carbons (Fsp3) is 0. The van der Waals surface area contributed by atoms with E-state index in [0.29, 0.717) is 40.6 Å². The van der Waals surface area contributed by atoms with Gasteiger partial charge in [0.25, 0.3) is 0 Å². The van der Waals surface area contributed by atoms with Crippen LogP contribution in [0.25, 0.3) is 95.4 Å². The SMILES string of the molecule is [C-]#[N+]c1cccc(-c2ccc(-c3ccccc3-c3nc(-c4ccccc4)nc(-c4ccccc4)n3)c(-c3nc(-c4ccccc4)nc(-c4ccccc4)n3)c2)c1. The normalized spacial score (nSPS) is 10.8. The van der Waals surface area contributed by atoms with Gasteiger partial charge in [0.2, 0.25) is 0 Å². The van der Waals surface area contributed by atoms with Crippen LogP contribution in [-0.2, 0) is 0 Å². The Balaban J connectivity index is 1.30. The van der Waals surface area contributed by atoms with E-state index in [1.54, 1.807) is 0 Å². The van der Waals surface area contributed by atoms with Crippen molar-refractivity contribution in [3.63, 3.8) is 0 Å². The van der Waals surface area contributed by atoms with Crippen molar-refractivity contribution >= 4 is 5.69 Å². The van der Waals surface area contributed by atoms with Gasteiger partial charge in [0.05, 0.1) is 6.57 Å². The van der Waals surface area contributed by atoms with Gasteiger partial charge in [-0.3, -0.25) is 0 Å². The van der Waals surface area contributed by atoms with Crippen molar-refractivity contribution < 1.29 is 0 Å². The van der Waals surface area contributed by atoms with Crippen molar-refractivity contribution in [1.29, 1.82) is 0 Å². The summed E-state index contributed by atoms with van der Waals surface area (Å²) in [6.45, 7) is 7.66. The minimum absolute atomic E-state index is 0.510. The summed E-state index contributed by atoms with van der Waals surface area (Å²) in [4.78, 5) is 34.1. The van der Waals surface area contributed by atoms with Crippen molar-refractivity contribution in [3.05, 3.63) is 199 Å². The number of hydrogen-bond acceptors (Lipinski definition) is 6. The van der Waals surface area contributed by atoms with Crippen LogP contribution in [0.2, 0.25) is 0 Å². The Morgan fingerprint density at radius 1 is 0.268 bits per heavy atom. The molecule has 7 heteroatoms. The molecular formula is C49H31N7. The van der Waals surface area contributed by atoms with Crippen LogP contribution in [0.3, 0.4) is 0 Å². The Kier molecular flexibility index (Phi) is 9.18. The lowest BCUT2D eigenvalue weighted by Crippen LogP contribution is -2.03. The topological polar surface area (TPSA) is 81.7 Å². The number of benzene rings is 7. The van der Waals surface area contributed by atoms with Crippen LogP contribution in [0.1, 0.15) is 0 Å². The Morgan fingerprint density at radius 3 is 1.09 bits per heavy atom. The molecule has 0 spiro atoms. The molecule has 7 aromatic carbocycles. The van der Waals surface area contributed by atoms with Gasteiger partial charge in [-0.15, -0.1) is 0 Å². The van der Waals surface area contributed by atoms with Crippen molar-refractivity contribution in [2.75, 3.05) is 0 Å². The Bertz CT molecular complexity index is 2740. The average molecular weight is 718 g/mol. The van der Waals surface area contributed by atoms with Gasteiger partial charge in [-0.2, -0.15) is 0 Å². The minimum Gasteiger partial charge on any atom is -0.238 e. The summed E-state index contributed by atoms with van der Waals surface area (Å²) in [5.74, 6) is 3.34. The van der Waals surface area contributed by atoms with Crippen molar-refractivity contribution in [2.45, 2.75) is 0 Å². The molecule has 0 N–H and O–H groups in total. The van der Waals surface area contributed by atoms with Crippen LogP contribution in [-0.4, -0.2) is 29.9 Å². The zero-order valence-corrected chi connectivity index (χ0v) is 30.0. The average Bonchev–Trinajstić information content (AvgIpc) is 3.29. The van der Waals surface area contributed by atoms with Gasteiger partial charge in [0.1, 0.15) is 0 Å². The number of rotatable bonds is 8. The molecule has 2 aromatic heterocycles. The molecule has 0 unspecified atom stereocenters. The summed E-state index contributed by atoms with van der Waals surface area (Å²) in [5.41, 5.74) is 9.35. The molecule has 0 saturated heterocycles. The highest BCUT2D eigenvalue weighted by Gasteiger charge is 2.21. The van der Waals surface area contributed by atoms with E-state index < -0.39 is 0 Å². The molecule has 0 bridgehead atoms. The second kappa shape index (κ2) is 15.2. The molecule has 9 rings (SSSR count). The van der Waals surface area contributed by atoms with Crippen LogP contribution in [0.4, 0.5) is 5.69 Å². The summed E-state index contributed by atoms with van der Waals surface area (Å²) in [6.07, 6.45) is 0. The Hall–Kier alpha value is -7.95. The number of hydrogen-bond donors (Lipinski definition) is 0. The van der Waals surface area contributed by atoms with E-state index in [9.17, 15) is 0 Å². The lowest BCUT2D eigenvalue weighted by Gasteiger charge is -2.17. The molecule has 0 aliphatic rings. The summed E-state index contributed by atoms with van der Waals surface area (Å²) >= 11 is 0. The molecule has 0 radical (unpaired) electrons. The number of nitrogens with zero attached hydrogens (tertiary/aromatic N) is 7.